The van der Waals surface area contributed by atoms with Gasteiger partial charge in [0.1, 0.15) is 12.4 Å². The fraction of sp³-hybridized carbons (Fsp3) is 0.226. The van der Waals surface area contributed by atoms with Crippen LogP contribution in [0.2, 0.25) is 0 Å². The Labute approximate surface area is 217 Å². The molecule has 3 aromatic carbocycles. The van der Waals surface area contributed by atoms with Crippen LogP contribution in [0, 0.1) is 0 Å². The van der Waals surface area contributed by atoms with Gasteiger partial charge in [0.05, 0.1) is 12.6 Å². The second kappa shape index (κ2) is 10.7. The lowest BCUT2D eigenvalue weighted by atomic mass is 9.87. The normalized spacial score (nSPS) is 11.9. The highest BCUT2D eigenvalue weighted by atomic mass is 16.5. The molecule has 0 spiro atoms. The lowest BCUT2D eigenvalue weighted by molar-refractivity contribution is -0.112. The number of nitrogens with zero attached hydrogens (tertiary/aromatic N) is 1. The number of benzene rings is 3. The first kappa shape index (κ1) is 25.8. The molecule has 0 saturated carbocycles. The van der Waals surface area contributed by atoms with Crippen molar-refractivity contribution >= 4 is 34.7 Å². The maximum atomic E-state index is 13.0. The van der Waals surface area contributed by atoms with Crippen molar-refractivity contribution in [3.63, 3.8) is 0 Å². The Balaban J connectivity index is 1.60. The summed E-state index contributed by atoms with van der Waals surface area (Å²) in [5.74, 6) is 0.371. The second-order valence-electron chi connectivity index (χ2n) is 9.96. The third-order valence-corrected chi connectivity index (χ3v) is 6.18. The van der Waals surface area contributed by atoms with Gasteiger partial charge in [-0.3, -0.25) is 9.36 Å². The molecule has 1 N–H and O–H groups in total. The van der Waals surface area contributed by atoms with Gasteiger partial charge in [-0.25, -0.2) is 4.79 Å². The topological polar surface area (TPSA) is 69.6 Å². The summed E-state index contributed by atoms with van der Waals surface area (Å²) < 4.78 is 12.6. The minimum atomic E-state index is -0.511. The van der Waals surface area contributed by atoms with E-state index in [2.05, 4.69) is 26.1 Å². The third-order valence-electron chi connectivity index (χ3n) is 6.18. The van der Waals surface area contributed by atoms with E-state index in [1.54, 1.807) is 26.3 Å². The maximum absolute atomic E-state index is 13.0. The zero-order valence-corrected chi connectivity index (χ0v) is 21.9. The molecule has 190 valence electrons. The van der Waals surface area contributed by atoms with E-state index in [-0.39, 0.29) is 17.9 Å². The van der Waals surface area contributed by atoms with Crippen molar-refractivity contribution in [3.05, 3.63) is 101 Å². The van der Waals surface area contributed by atoms with Gasteiger partial charge in [-0.15, -0.1) is 0 Å². The second-order valence-corrected chi connectivity index (χ2v) is 9.96. The number of ether oxygens (including phenoxy) is 2. The summed E-state index contributed by atoms with van der Waals surface area (Å²) >= 11 is 0. The van der Waals surface area contributed by atoms with Crippen LogP contribution in [-0.4, -0.2) is 23.7 Å². The van der Waals surface area contributed by atoms with Crippen molar-refractivity contribution in [1.82, 2.24) is 4.57 Å². The van der Waals surface area contributed by atoms with E-state index in [4.69, 9.17) is 9.47 Å². The number of rotatable bonds is 6. The van der Waals surface area contributed by atoms with Crippen molar-refractivity contribution < 1.29 is 19.1 Å². The van der Waals surface area contributed by atoms with Crippen LogP contribution in [0.15, 0.2) is 84.6 Å². The highest BCUT2D eigenvalue weighted by Crippen LogP contribution is 2.32. The molecule has 0 fully saturated rings. The molecular weight excluding hydrogens is 464 g/mol. The van der Waals surface area contributed by atoms with E-state index in [0.29, 0.717) is 22.4 Å². The van der Waals surface area contributed by atoms with E-state index < -0.39 is 6.09 Å². The first-order valence-corrected chi connectivity index (χ1v) is 12.2. The van der Waals surface area contributed by atoms with Gasteiger partial charge in [0.15, 0.2) is 0 Å². The monoisotopic (exact) mass is 496 g/mol. The molecule has 0 aliphatic rings. The largest absolute Gasteiger partial charge is 0.496 e. The Morgan fingerprint density at radius 1 is 0.946 bits per heavy atom. The van der Waals surface area contributed by atoms with Gasteiger partial charge in [0, 0.05) is 28.4 Å². The number of anilines is 1. The van der Waals surface area contributed by atoms with Crippen LogP contribution in [-0.2, 0) is 21.6 Å². The Morgan fingerprint density at radius 3 is 2.30 bits per heavy atom. The summed E-state index contributed by atoms with van der Waals surface area (Å²) in [5.41, 5.74) is 4.64. The smallest absolute Gasteiger partial charge is 0.418 e. The van der Waals surface area contributed by atoms with Crippen molar-refractivity contribution in [1.29, 1.82) is 0 Å². The van der Waals surface area contributed by atoms with Gasteiger partial charge in [0.2, 0.25) is 0 Å². The highest BCUT2D eigenvalue weighted by molar-refractivity contribution is 6.08. The minimum Gasteiger partial charge on any atom is -0.496 e. The summed E-state index contributed by atoms with van der Waals surface area (Å²) in [6.07, 6.45) is 2.92. The number of methoxy groups -OCH3 is 1. The number of hydrogen-bond acceptors (Lipinski definition) is 4. The molecule has 37 heavy (non-hydrogen) atoms. The van der Waals surface area contributed by atoms with Gasteiger partial charge in [-0.1, -0.05) is 69.3 Å². The van der Waals surface area contributed by atoms with Gasteiger partial charge >= 0.3 is 6.09 Å². The number of hydrogen-bond donors (Lipinski definition) is 1. The van der Waals surface area contributed by atoms with E-state index in [0.717, 1.165) is 16.6 Å². The van der Waals surface area contributed by atoms with Crippen molar-refractivity contribution in [3.8, 4) is 5.75 Å². The molecule has 0 saturated heterocycles. The average molecular weight is 497 g/mol. The maximum Gasteiger partial charge on any atom is 0.418 e. The number of fused-ring (bicyclic) bond motifs is 1. The van der Waals surface area contributed by atoms with Crippen LogP contribution in [0.25, 0.3) is 17.0 Å². The molecule has 0 atom stereocenters. The number of aromatic nitrogens is 1. The van der Waals surface area contributed by atoms with Crippen LogP contribution >= 0.6 is 0 Å². The summed E-state index contributed by atoms with van der Waals surface area (Å²) in [4.78, 5) is 26.0. The fourth-order valence-corrected chi connectivity index (χ4v) is 4.09. The molecule has 4 aromatic rings. The molecule has 6 nitrogen and oxygen atoms in total. The van der Waals surface area contributed by atoms with Gasteiger partial charge < -0.3 is 14.8 Å². The lowest BCUT2D eigenvalue weighted by Crippen LogP contribution is -2.14. The van der Waals surface area contributed by atoms with Crippen molar-refractivity contribution in [2.45, 2.75) is 39.7 Å². The van der Waals surface area contributed by atoms with Crippen LogP contribution < -0.4 is 10.1 Å². The number of amides is 1. The summed E-state index contributed by atoms with van der Waals surface area (Å²) in [6, 6.07) is 22.8. The Hall–Kier alpha value is -4.32. The first-order chi connectivity index (χ1) is 17.7. The third kappa shape index (κ3) is 5.92. The molecule has 0 bridgehead atoms. The minimum absolute atomic E-state index is 0.0356. The molecule has 4 rings (SSSR count). The highest BCUT2D eigenvalue weighted by Gasteiger charge is 2.18. The number of nitrogens with one attached hydrogen (secondary N) is 1. The van der Waals surface area contributed by atoms with E-state index >= 15 is 0 Å². The average Bonchev–Trinajstić information content (AvgIpc) is 3.26. The number of carbonyl (C=O) groups is 2. The molecular formula is C31H32N2O4. The van der Waals surface area contributed by atoms with Crippen LogP contribution in [0.5, 0.6) is 5.75 Å². The van der Waals surface area contributed by atoms with Gasteiger partial charge in [-0.2, -0.15) is 0 Å². The van der Waals surface area contributed by atoms with Crippen LogP contribution in [0.4, 0.5) is 10.5 Å². The van der Waals surface area contributed by atoms with Crippen molar-refractivity contribution in [2.75, 3.05) is 12.4 Å². The molecule has 0 aliphatic carbocycles. The summed E-state index contributed by atoms with van der Waals surface area (Å²) in [6.45, 7) is 8.34. The SMILES string of the molecule is COc1cccc2c1c(/C=C(\C)C(=O)Nc1ccc(C(C)(C)C)cc1)cn2C(=O)OCc1ccccc1. The summed E-state index contributed by atoms with van der Waals surface area (Å²) in [5, 5.41) is 3.67. The lowest BCUT2D eigenvalue weighted by Gasteiger charge is -2.19. The molecule has 1 aromatic heterocycles. The summed E-state index contributed by atoms with van der Waals surface area (Å²) in [7, 11) is 1.58. The van der Waals surface area contributed by atoms with Gasteiger partial charge in [0.25, 0.3) is 5.91 Å². The quantitative estimate of drug-likeness (QED) is 0.287. The molecule has 0 aliphatic heterocycles. The predicted octanol–water partition coefficient (Wildman–Crippen LogP) is 7.17. The first-order valence-electron chi connectivity index (χ1n) is 12.2. The number of carbonyl (C=O) groups excluding carboxylic acids is 2. The molecule has 1 amide bonds. The Morgan fingerprint density at radius 2 is 1.65 bits per heavy atom. The van der Waals surface area contributed by atoms with E-state index in [1.165, 1.54) is 10.1 Å². The van der Waals surface area contributed by atoms with E-state index in [9.17, 15) is 9.59 Å². The Bertz CT molecular complexity index is 1440. The molecule has 0 unspecified atom stereocenters. The molecule has 6 heteroatoms. The standard InChI is InChI=1S/C31H32N2O4/c1-21(29(34)32-25-16-14-24(15-17-25)31(2,3)4)18-23-19-33(26-12-9-13-27(36-5)28(23)26)30(35)37-20-22-10-7-6-8-11-22/h6-19H,20H2,1-5H3,(H,32,34)/b21-18+. The van der Waals surface area contributed by atoms with Gasteiger partial charge in [-0.05, 0) is 53.8 Å². The zero-order valence-electron chi connectivity index (χ0n) is 21.9. The van der Waals surface area contributed by atoms with Crippen LogP contribution in [0.1, 0.15) is 44.4 Å². The van der Waals surface area contributed by atoms with Crippen molar-refractivity contribution in [2.24, 2.45) is 0 Å². The molecule has 1 heterocycles. The fourth-order valence-electron chi connectivity index (χ4n) is 4.09. The van der Waals surface area contributed by atoms with E-state index in [1.807, 2.05) is 72.8 Å². The zero-order chi connectivity index (χ0) is 26.6. The predicted molar refractivity (Wildman–Crippen MR) is 148 cm³/mol. The molecule has 0 radical (unpaired) electrons. The Kier molecular flexibility index (Phi) is 7.48. The van der Waals surface area contributed by atoms with Crippen LogP contribution in [0.3, 0.4) is 0 Å².